The third-order valence-electron chi connectivity index (χ3n) is 1.69. The van der Waals surface area contributed by atoms with Crippen molar-refractivity contribution in [3.8, 4) is 0 Å². The van der Waals surface area contributed by atoms with E-state index in [1.165, 1.54) is 5.56 Å². The van der Waals surface area contributed by atoms with Gasteiger partial charge in [-0.15, -0.1) is 0 Å². The van der Waals surface area contributed by atoms with Crippen LogP contribution in [-0.4, -0.2) is 18.1 Å². The maximum Gasteiger partial charge on any atom is 0.0731 e. The van der Waals surface area contributed by atoms with Gasteiger partial charge in [-0.2, -0.15) is 0 Å². The maximum atomic E-state index is 5.40. The third-order valence-corrected chi connectivity index (χ3v) is 1.69. The average molecular weight is 180 g/mol. The largest absolute Gasteiger partial charge is 0.377 e. The molecule has 0 radical (unpaired) electrons. The Bertz CT molecular complexity index is 250. The zero-order valence-electron chi connectivity index (χ0n) is 7.99. The van der Waals surface area contributed by atoms with E-state index in [0.717, 1.165) is 18.6 Å². The summed E-state index contributed by atoms with van der Waals surface area (Å²) in [5.74, 6) is 0. The fourth-order valence-electron chi connectivity index (χ4n) is 1.07. The number of hydrogen-bond donors (Lipinski definition) is 1. The number of nitrogens with zero attached hydrogens (tertiary/aromatic N) is 1. The van der Waals surface area contributed by atoms with Gasteiger partial charge in [-0.25, -0.2) is 0 Å². The van der Waals surface area contributed by atoms with Crippen LogP contribution in [0.5, 0.6) is 0 Å². The van der Waals surface area contributed by atoms with E-state index in [2.05, 4.69) is 11.1 Å². The van der Waals surface area contributed by atoms with Crippen molar-refractivity contribution in [1.82, 2.24) is 4.98 Å². The van der Waals surface area contributed by atoms with E-state index in [0.29, 0.717) is 13.2 Å². The summed E-state index contributed by atoms with van der Waals surface area (Å²) >= 11 is 0. The molecule has 0 fully saturated rings. The molecule has 0 amide bonds. The Labute approximate surface area is 78.9 Å². The smallest absolute Gasteiger partial charge is 0.0731 e. The van der Waals surface area contributed by atoms with Crippen LogP contribution in [0, 0.1) is 6.92 Å². The molecule has 0 aromatic carbocycles. The van der Waals surface area contributed by atoms with E-state index < -0.39 is 0 Å². The Morgan fingerprint density at radius 3 is 3.00 bits per heavy atom. The fourth-order valence-corrected chi connectivity index (χ4v) is 1.07. The van der Waals surface area contributed by atoms with Crippen LogP contribution in [0.1, 0.15) is 17.5 Å². The molecule has 0 aliphatic heterocycles. The van der Waals surface area contributed by atoms with Gasteiger partial charge in [0, 0.05) is 19.0 Å². The minimum Gasteiger partial charge on any atom is -0.377 e. The molecule has 3 nitrogen and oxygen atoms in total. The van der Waals surface area contributed by atoms with E-state index in [1.54, 1.807) is 0 Å². The molecule has 0 saturated carbocycles. The topological polar surface area (TPSA) is 48.1 Å². The van der Waals surface area contributed by atoms with Crippen molar-refractivity contribution in [2.24, 2.45) is 5.73 Å². The van der Waals surface area contributed by atoms with Crippen LogP contribution in [0.3, 0.4) is 0 Å². The SMILES string of the molecule is Cc1cncc(COCCCN)c1. The van der Waals surface area contributed by atoms with E-state index >= 15 is 0 Å². The molecule has 0 aliphatic rings. The second-order valence-electron chi connectivity index (χ2n) is 3.07. The highest BCUT2D eigenvalue weighted by atomic mass is 16.5. The molecule has 2 N–H and O–H groups in total. The summed E-state index contributed by atoms with van der Waals surface area (Å²) in [7, 11) is 0. The predicted octanol–water partition coefficient (Wildman–Crippen LogP) is 1.26. The molecule has 3 heteroatoms. The zero-order valence-corrected chi connectivity index (χ0v) is 7.99. The van der Waals surface area contributed by atoms with Crippen molar-refractivity contribution in [3.63, 3.8) is 0 Å². The van der Waals surface area contributed by atoms with Crippen molar-refractivity contribution >= 4 is 0 Å². The van der Waals surface area contributed by atoms with Crippen LogP contribution in [0.25, 0.3) is 0 Å². The molecule has 0 bridgehead atoms. The molecular formula is C10H16N2O. The van der Waals surface area contributed by atoms with E-state index in [9.17, 15) is 0 Å². The number of ether oxygens (including phenoxy) is 1. The quantitative estimate of drug-likeness (QED) is 0.694. The molecule has 0 unspecified atom stereocenters. The zero-order chi connectivity index (χ0) is 9.52. The number of nitrogens with two attached hydrogens (primary N) is 1. The van der Waals surface area contributed by atoms with E-state index in [-0.39, 0.29) is 0 Å². The molecule has 72 valence electrons. The molecule has 0 saturated heterocycles. The molecule has 0 aliphatic carbocycles. The predicted molar refractivity (Wildman–Crippen MR) is 52.3 cm³/mol. The number of aromatic nitrogens is 1. The van der Waals surface area contributed by atoms with Gasteiger partial charge in [0.1, 0.15) is 0 Å². The highest BCUT2D eigenvalue weighted by Crippen LogP contribution is 2.02. The van der Waals surface area contributed by atoms with E-state index in [4.69, 9.17) is 10.5 Å². The molecular weight excluding hydrogens is 164 g/mol. The first-order valence-electron chi connectivity index (χ1n) is 4.51. The number of pyridine rings is 1. The molecule has 1 aromatic rings. The van der Waals surface area contributed by atoms with Crippen LogP contribution in [-0.2, 0) is 11.3 Å². The van der Waals surface area contributed by atoms with Crippen molar-refractivity contribution in [2.45, 2.75) is 20.0 Å². The number of rotatable bonds is 5. The van der Waals surface area contributed by atoms with E-state index in [1.807, 2.05) is 19.3 Å². The molecule has 1 aromatic heterocycles. The van der Waals surface area contributed by atoms with Crippen molar-refractivity contribution in [2.75, 3.05) is 13.2 Å². The number of aryl methyl sites for hydroxylation is 1. The van der Waals surface area contributed by atoms with Crippen LogP contribution < -0.4 is 5.73 Å². The molecule has 1 heterocycles. The van der Waals surface area contributed by atoms with Crippen molar-refractivity contribution < 1.29 is 4.74 Å². The highest BCUT2D eigenvalue weighted by molar-refractivity contribution is 5.15. The Hall–Kier alpha value is -0.930. The lowest BCUT2D eigenvalue weighted by atomic mass is 10.2. The van der Waals surface area contributed by atoms with Gasteiger partial charge in [-0.3, -0.25) is 4.98 Å². The molecule has 0 spiro atoms. The van der Waals surface area contributed by atoms with Crippen LogP contribution >= 0.6 is 0 Å². The molecule has 1 rings (SSSR count). The van der Waals surface area contributed by atoms with Gasteiger partial charge in [0.05, 0.1) is 6.61 Å². The summed E-state index contributed by atoms with van der Waals surface area (Å²) in [6.07, 6.45) is 4.58. The Morgan fingerprint density at radius 1 is 1.46 bits per heavy atom. The first kappa shape index (κ1) is 10.2. The summed E-state index contributed by atoms with van der Waals surface area (Å²) in [6, 6.07) is 2.08. The summed E-state index contributed by atoms with van der Waals surface area (Å²) in [5, 5.41) is 0. The summed E-state index contributed by atoms with van der Waals surface area (Å²) < 4.78 is 5.40. The van der Waals surface area contributed by atoms with Gasteiger partial charge < -0.3 is 10.5 Å². The van der Waals surface area contributed by atoms with Gasteiger partial charge in [-0.1, -0.05) is 6.07 Å². The Morgan fingerprint density at radius 2 is 2.31 bits per heavy atom. The lowest BCUT2D eigenvalue weighted by Crippen LogP contribution is -2.04. The van der Waals surface area contributed by atoms with Gasteiger partial charge >= 0.3 is 0 Å². The number of hydrogen-bond acceptors (Lipinski definition) is 3. The molecule has 0 atom stereocenters. The summed E-state index contributed by atoms with van der Waals surface area (Å²) in [6.45, 7) is 4.07. The minimum absolute atomic E-state index is 0.634. The van der Waals surface area contributed by atoms with Crippen LogP contribution in [0.15, 0.2) is 18.5 Å². The second-order valence-corrected chi connectivity index (χ2v) is 3.07. The first-order chi connectivity index (χ1) is 6.33. The van der Waals surface area contributed by atoms with Crippen LogP contribution in [0.2, 0.25) is 0 Å². The third kappa shape index (κ3) is 4.01. The Kier molecular flexibility index (Phi) is 4.43. The van der Waals surface area contributed by atoms with Crippen molar-refractivity contribution in [3.05, 3.63) is 29.6 Å². The lowest BCUT2D eigenvalue weighted by Gasteiger charge is -2.03. The lowest BCUT2D eigenvalue weighted by molar-refractivity contribution is 0.119. The summed E-state index contributed by atoms with van der Waals surface area (Å²) in [5.41, 5.74) is 7.63. The molecule has 13 heavy (non-hydrogen) atoms. The highest BCUT2D eigenvalue weighted by Gasteiger charge is 1.93. The van der Waals surface area contributed by atoms with Gasteiger partial charge in [0.2, 0.25) is 0 Å². The first-order valence-corrected chi connectivity index (χ1v) is 4.51. The van der Waals surface area contributed by atoms with Gasteiger partial charge in [-0.05, 0) is 31.0 Å². The van der Waals surface area contributed by atoms with Gasteiger partial charge in [0.15, 0.2) is 0 Å². The normalized spacial score (nSPS) is 10.3. The van der Waals surface area contributed by atoms with Crippen molar-refractivity contribution in [1.29, 1.82) is 0 Å². The fraction of sp³-hybridized carbons (Fsp3) is 0.500. The Balaban J connectivity index is 2.28. The van der Waals surface area contributed by atoms with Gasteiger partial charge in [0.25, 0.3) is 0 Å². The average Bonchev–Trinajstić information content (AvgIpc) is 2.13. The van der Waals surface area contributed by atoms with Crippen LogP contribution in [0.4, 0.5) is 0 Å². The standard InChI is InChI=1S/C10H16N2O/c1-9-5-10(7-12-6-9)8-13-4-2-3-11/h5-7H,2-4,8,11H2,1H3. The minimum atomic E-state index is 0.634. The monoisotopic (exact) mass is 180 g/mol. The maximum absolute atomic E-state index is 5.40. The second kappa shape index (κ2) is 5.67. The summed E-state index contributed by atoms with van der Waals surface area (Å²) in [4.78, 5) is 4.08.